The van der Waals surface area contributed by atoms with Gasteiger partial charge in [-0.2, -0.15) is 0 Å². The Morgan fingerprint density at radius 2 is 1.53 bits per heavy atom. The molecule has 2 rings (SSSR count). The Morgan fingerprint density at radius 3 is 2.16 bits per heavy atom. The molecular formula is C15H16ClNO2. The van der Waals surface area contributed by atoms with Crippen LogP contribution in [0.1, 0.15) is 5.56 Å². The van der Waals surface area contributed by atoms with Crippen LogP contribution in [-0.4, -0.2) is 13.2 Å². The van der Waals surface area contributed by atoms with Gasteiger partial charge in [-0.05, 0) is 31.2 Å². The Labute approximate surface area is 117 Å². The lowest BCUT2D eigenvalue weighted by Crippen LogP contribution is -2.09. The number of hydrogen-bond acceptors (Lipinski definition) is 3. The summed E-state index contributed by atoms with van der Waals surface area (Å²) < 4.78 is 11.1. The van der Waals surface area contributed by atoms with E-state index in [0.29, 0.717) is 29.7 Å². The Balaban J connectivity index is 1.77. The van der Waals surface area contributed by atoms with Gasteiger partial charge in [0.2, 0.25) is 0 Å². The molecule has 3 nitrogen and oxygen atoms in total. The minimum atomic E-state index is 0.453. The summed E-state index contributed by atoms with van der Waals surface area (Å²) in [7, 11) is 0. The third-order valence-electron chi connectivity index (χ3n) is 2.61. The number of benzene rings is 2. The number of nitrogen functional groups attached to an aromatic ring is 1. The molecule has 0 heterocycles. The van der Waals surface area contributed by atoms with Gasteiger partial charge < -0.3 is 15.2 Å². The first-order chi connectivity index (χ1) is 9.15. The Hall–Kier alpha value is -1.87. The SMILES string of the molecule is Cc1ccc(OCCOc2ccc(Cl)c(N)c2)cc1. The van der Waals surface area contributed by atoms with Crippen LogP contribution < -0.4 is 15.2 Å². The van der Waals surface area contributed by atoms with Gasteiger partial charge in [0.1, 0.15) is 24.7 Å². The van der Waals surface area contributed by atoms with Gasteiger partial charge in [-0.1, -0.05) is 29.3 Å². The second-order valence-corrected chi connectivity index (χ2v) is 4.60. The van der Waals surface area contributed by atoms with Crippen LogP contribution in [0.25, 0.3) is 0 Å². The molecule has 0 saturated carbocycles. The Kier molecular flexibility index (Phi) is 4.53. The molecule has 0 aliphatic carbocycles. The predicted octanol–water partition coefficient (Wildman–Crippen LogP) is 3.69. The van der Waals surface area contributed by atoms with Gasteiger partial charge in [-0.15, -0.1) is 0 Å². The van der Waals surface area contributed by atoms with Gasteiger partial charge in [0.15, 0.2) is 0 Å². The van der Waals surface area contributed by atoms with Crippen LogP contribution in [0.15, 0.2) is 42.5 Å². The van der Waals surface area contributed by atoms with Gasteiger partial charge in [-0.3, -0.25) is 0 Å². The maximum atomic E-state index is 5.83. The van der Waals surface area contributed by atoms with E-state index < -0.39 is 0 Å². The lowest BCUT2D eigenvalue weighted by Gasteiger charge is -2.09. The normalized spacial score (nSPS) is 10.2. The van der Waals surface area contributed by atoms with Crippen LogP contribution >= 0.6 is 11.6 Å². The number of anilines is 1. The fourth-order valence-electron chi connectivity index (χ4n) is 1.57. The monoisotopic (exact) mass is 277 g/mol. The number of rotatable bonds is 5. The fraction of sp³-hybridized carbons (Fsp3) is 0.200. The van der Waals surface area contributed by atoms with Crippen molar-refractivity contribution in [3.63, 3.8) is 0 Å². The molecule has 2 N–H and O–H groups in total. The first-order valence-corrected chi connectivity index (χ1v) is 6.40. The van der Waals surface area contributed by atoms with E-state index in [1.54, 1.807) is 18.2 Å². The summed E-state index contributed by atoms with van der Waals surface area (Å²) >= 11 is 5.83. The predicted molar refractivity (Wildman–Crippen MR) is 78.0 cm³/mol. The number of aryl methyl sites for hydroxylation is 1. The molecular weight excluding hydrogens is 262 g/mol. The zero-order chi connectivity index (χ0) is 13.7. The highest BCUT2D eigenvalue weighted by Crippen LogP contribution is 2.23. The molecule has 0 bridgehead atoms. The number of halogens is 1. The third-order valence-corrected chi connectivity index (χ3v) is 2.95. The van der Waals surface area contributed by atoms with E-state index in [1.807, 2.05) is 31.2 Å². The number of hydrogen-bond donors (Lipinski definition) is 1. The topological polar surface area (TPSA) is 44.5 Å². The van der Waals surface area contributed by atoms with Crippen molar-refractivity contribution in [1.29, 1.82) is 0 Å². The first-order valence-electron chi connectivity index (χ1n) is 6.02. The van der Waals surface area contributed by atoms with Gasteiger partial charge >= 0.3 is 0 Å². The summed E-state index contributed by atoms with van der Waals surface area (Å²) in [6.45, 7) is 2.97. The van der Waals surface area contributed by atoms with Crippen LogP contribution in [-0.2, 0) is 0 Å². The van der Waals surface area contributed by atoms with Crippen molar-refractivity contribution in [2.45, 2.75) is 6.92 Å². The molecule has 0 radical (unpaired) electrons. The summed E-state index contributed by atoms with van der Waals surface area (Å²) in [4.78, 5) is 0. The maximum Gasteiger partial charge on any atom is 0.122 e. The van der Waals surface area contributed by atoms with E-state index in [9.17, 15) is 0 Å². The van der Waals surface area contributed by atoms with E-state index in [-0.39, 0.29) is 0 Å². The second-order valence-electron chi connectivity index (χ2n) is 4.19. The molecule has 2 aromatic carbocycles. The summed E-state index contributed by atoms with van der Waals surface area (Å²) in [5, 5.41) is 0.531. The van der Waals surface area contributed by atoms with E-state index in [1.165, 1.54) is 5.56 Å². The first kappa shape index (κ1) is 13.6. The quantitative estimate of drug-likeness (QED) is 0.670. The van der Waals surface area contributed by atoms with Crippen LogP contribution in [0.5, 0.6) is 11.5 Å². The fourth-order valence-corrected chi connectivity index (χ4v) is 1.68. The minimum Gasteiger partial charge on any atom is -0.490 e. The molecule has 0 unspecified atom stereocenters. The van der Waals surface area contributed by atoms with E-state index >= 15 is 0 Å². The zero-order valence-electron chi connectivity index (χ0n) is 10.7. The van der Waals surface area contributed by atoms with E-state index in [0.717, 1.165) is 5.75 Å². The molecule has 0 atom stereocenters. The Morgan fingerprint density at radius 1 is 0.947 bits per heavy atom. The molecule has 19 heavy (non-hydrogen) atoms. The molecule has 0 aliphatic heterocycles. The van der Waals surface area contributed by atoms with Crippen molar-refractivity contribution in [2.75, 3.05) is 18.9 Å². The number of ether oxygens (including phenoxy) is 2. The zero-order valence-corrected chi connectivity index (χ0v) is 11.5. The van der Waals surface area contributed by atoms with Crippen molar-refractivity contribution in [1.82, 2.24) is 0 Å². The van der Waals surface area contributed by atoms with Crippen molar-refractivity contribution in [2.24, 2.45) is 0 Å². The van der Waals surface area contributed by atoms with Crippen molar-refractivity contribution in [3.8, 4) is 11.5 Å². The van der Waals surface area contributed by atoms with Crippen molar-refractivity contribution in [3.05, 3.63) is 53.1 Å². The molecule has 0 amide bonds. The molecule has 0 spiro atoms. The third kappa shape index (κ3) is 4.07. The van der Waals surface area contributed by atoms with Gasteiger partial charge in [-0.25, -0.2) is 0 Å². The standard InChI is InChI=1S/C15H16ClNO2/c1-11-2-4-12(5-3-11)18-8-9-19-13-6-7-14(16)15(17)10-13/h2-7,10H,8-9,17H2,1H3. The average Bonchev–Trinajstić information content (AvgIpc) is 2.41. The maximum absolute atomic E-state index is 5.83. The smallest absolute Gasteiger partial charge is 0.122 e. The second kappa shape index (κ2) is 6.34. The lowest BCUT2D eigenvalue weighted by molar-refractivity contribution is 0.217. The van der Waals surface area contributed by atoms with Crippen LogP contribution in [0.2, 0.25) is 5.02 Å². The highest BCUT2D eigenvalue weighted by Gasteiger charge is 1.99. The average molecular weight is 278 g/mol. The van der Waals surface area contributed by atoms with Crippen LogP contribution in [0, 0.1) is 6.92 Å². The lowest BCUT2D eigenvalue weighted by atomic mass is 10.2. The highest BCUT2D eigenvalue weighted by atomic mass is 35.5. The van der Waals surface area contributed by atoms with E-state index in [2.05, 4.69) is 0 Å². The van der Waals surface area contributed by atoms with Crippen LogP contribution in [0.4, 0.5) is 5.69 Å². The molecule has 2 aromatic rings. The van der Waals surface area contributed by atoms with Crippen molar-refractivity contribution >= 4 is 17.3 Å². The molecule has 0 saturated heterocycles. The largest absolute Gasteiger partial charge is 0.490 e. The molecule has 0 aromatic heterocycles. The van der Waals surface area contributed by atoms with E-state index in [4.69, 9.17) is 26.8 Å². The van der Waals surface area contributed by atoms with Crippen LogP contribution in [0.3, 0.4) is 0 Å². The van der Waals surface area contributed by atoms with Gasteiger partial charge in [0, 0.05) is 6.07 Å². The molecule has 0 fully saturated rings. The highest BCUT2D eigenvalue weighted by molar-refractivity contribution is 6.33. The van der Waals surface area contributed by atoms with Gasteiger partial charge in [0.25, 0.3) is 0 Å². The summed E-state index contributed by atoms with van der Waals surface area (Å²) in [6, 6.07) is 13.1. The molecule has 100 valence electrons. The molecule has 4 heteroatoms. The summed E-state index contributed by atoms with van der Waals surface area (Å²) in [6.07, 6.45) is 0. The Bertz CT molecular complexity index is 540. The minimum absolute atomic E-state index is 0.453. The summed E-state index contributed by atoms with van der Waals surface area (Å²) in [5.41, 5.74) is 7.41. The summed E-state index contributed by atoms with van der Waals surface area (Å²) in [5.74, 6) is 1.53. The van der Waals surface area contributed by atoms with Crippen molar-refractivity contribution < 1.29 is 9.47 Å². The molecule has 0 aliphatic rings. The van der Waals surface area contributed by atoms with Gasteiger partial charge in [0.05, 0.1) is 10.7 Å². The number of nitrogens with two attached hydrogens (primary N) is 1.